The Bertz CT molecular complexity index is 1020. The predicted molar refractivity (Wildman–Crippen MR) is 118 cm³/mol. The summed E-state index contributed by atoms with van der Waals surface area (Å²) < 4.78 is 2.12. The fraction of sp³-hybridized carbons (Fsp3) is 0.522. The monoisotopic (exact) mass is 419 g/mol. The van der Waals surface area contributed by atoms with Crippen LogP contribution in [-0.4, -0.2) is 36.5 Å². The second-order valence-corrected chi connectivity index (χ2v) is 8.86. The van der Waals surface area contributed by atoms with Crippen LogP contribution in [0.2, 0.25) is 0 Å². The molecule has 8 heteroatoms. The molecule has 2 saturated carbocycles. The van der Waals surface area contributed by atoms with E-state index in [1.165, 1.54) is 32.1 Å². The lowest BCUT2D eigenvalue weighted by Gasteiger charge is -2.37. The van der Waals surface area contributed by atoms with Gasteiger partial charge in [0.15, 0.2) is 11.5 Å². The number of aromatic nitrogens is 5. The van der Waals surface area contributed by atoms with Crippen LogP contribution in [0.15, 0.2) is 37.2 Å². The van der Waals surface area contributed by atoms with Crippen molar-refractivity contribution in [1.82, 2.24) is 29.8 Å². The van der Waals surface area contributed by atoms with E-state index in [1.54, 1.807) is 12.5 Å². The van der Waals surface area contributed by atoms with Crippen molar-refractivity contribution in [2.45, 2.75) is 70.0 Å². The summed E-state index contributed by atoms with van der Waals surface area (Å²) in [5, 5.41) is 6.57. The van der Waals surface area contributed by atoms with Gasteiger partial charge in [0.05, 0.1) is 6.33 Å². The summed E-state index contributed by atoms with van der Waals surface area (Å²) in [6, 6.07) is 4.51. The number of fused-ring (bicyclic) bond motifs is 1. The third-order valence-corrected chi connectivity index (χ3v) is 6.61. The standard InChI is InChI=1S/C23H29N7O/c31-20(9-16-5-2-1-3-6-16)29-18-10-19(11-18)30-15-28-21-22(26-14-27-23(21)30)25-13-17-7-4-8-24-12-17/h4,7-8,12,14-16,18-19H,1-3,5-6,9-11,13H2,(H,29,31)(H,25,26,27). The number of imidazole rings is 1. The first-order valence-electron chi connectivity index (χ1n) is 11.4. The van der Waals surface area contributed by atoms with E-state index in [-0.39, 0.29) is 11.9 Å². The molecule has 2 N–H and O–H groups in total. The average molecular weight is 420 g/mol. The van der Waals surface area contributed by atoms with Gasteiger partial charge in [0, 0.05) is 37.4 Å². The normalized spacial score (nSPS) is 21.5. The van der Waals surface area contributed by atoms with Gasteiger partial charge < -0.3 is 15.2 Å². The van der Waals surface area contributed by atoms with Gasteiger partial charge >= 0.3 is 0 Å². The molecule has 2 aliphatic carbocycles. The summed E-state index contributed by atoms with van der Waals surface area (Å²) in [5.74, 6) is 1.52. The Morgan fingerprint density at radius 3 is 2.81 bits per heavy atom. The van der Waals surface area contributed by atoms with Gasteiger partial charge in [-0.2, -0.15) is 0 Å². The van der Waals surface area contributed by atoms with Crippen molar-refractivity contribution in [1.29, 1.82) is 0 Å². The Morgan fingerprint density at radius 2 is 2.00 bits per heavy atom. The molecule has 0 bridgehead atoms. The molecule has 0 spiro atoms. The van der Waals surface area contributed by atoms with E-state index in [2.05, 4.69) is 35.1 Å². The Balaban J connectivity index is 1.17. The van der Waals surface area contributed by atoms with Gasteiger partial charge in [-0.15, -0.1) is 0 Å². The van der Waals surface area contributed by atoms with Crippen LogP contribution in [0.25, 0.3) is 11.2 Å². The maximum absolute atomic E-state index is 12.4. The van der Waals surface area contributed by atoms with Gasteiger partial charge in [-0.1, -0.05) is 25.3 Å². The predicted octanol–water partition coefficient (Wildman–Crippen LogP) is 3.62. The maximum atomic E-state index is 12.4. The summed E-state index contributed by atoms with van der Waals surface area (Å²) in [6.45, 7) is 0.630. The zero-order valence-electron chi connectivity index (χ0n) is 17.7. The van der Waals surface area contributed by atoms with Crippen molar-refractivity contribution in [2.24, 2.45) is 5.92 Å². The molecule has 0 aliphatic heterocycles. The summed E-state index contributed by atoms with van der Waals surface area (Å²) >= 11 is 0. The summed E-state index contributed by atoms with van der Waals surface area (Å²) in [6.07, 6.45) is 15.8. The minimum Gasteiger partial charge on any atom is -0.364 e. The summed E-state index contributed by atoms with van der Waals surface area (Å²) in [4.78, 5) is 29.9. The molecule has 0 atom stereocenters. The van der Waals surface area contributed by atoms with Crippen molar-refractivity contribution < 1.29 is 4.79 Å². The Hall–Kier alpha value is -3.03. The van der Waals surface area contributed by atoms with Gasteiger partial charge in [0.25, 0.3) is 0 Å². The van der Waals surface area contributed by atoms with E-state index in [0.717, 1.165) is 35.4 Å². The van der Waals surface area contributed by atoms with Crippen LogP contribution in [0.1, 0.15) is 63.0 Å². The Labute approximate surface area is 181 Å². The highest BCUT2D eigenvalue weighted by molar-refractivity contribution is 5.82. The van der Waals surface area contributed by atoms with Crippen molar-refractivity contribution in [3.63, 3.8) is 0 Å². The topological polar surface area (TPSA) is 97.6 Å². The van der Waals surface area contributed by atoms with Crippen LogP contribution in [-0.2, 0) is 11.3 Å². The second kappa shape index (κ2) is 8.99. The Kier molecular flexibility index (Phi) is 5.78. The highest BCUT2D eigenvalue weighted by Crippen LogP contribution is 2.35. The van der Waals surface area contributed by atoms with Gasteiger partial charge in [0.1, 0.15) is 11.8 Å². The van der Waals surface area contributed by atoms with E-state index in [0.29, 0.717) is 24.9 Å². The van der Waals surface area contributed by atoms with Crippen LogP contribution >= 0.6 is 0 Å². The van der Waals surface area contributed by atoms with Crippen molar-refractivity contribution >= 4 is 22.9 Å². The molecule has 3 heterocycles. The number of nitrogens with one attached hydrogen (secondary N) is 2. The van der Waals surface area contributed by atoms with Crippen LogP contribution in [0, 0.1) is 5.92 Å². The molecule has 1 amide bonds. The fourth-order valence-electron chi connectivity index (χ4n) is 4.81. The number of amides is 1. The molecule has 0 aromatic carbocycles. The largest absolute Gasteiger partial charge is 0.364 e. The van der Waals surface area contributed by atoms with Crippen LogP contribution in [0.5, 0.6) is 0 Å². The molecule has 0 saturated heterocycles. The van der Waals surface area contributed by atoms with E-state index >= 15 is 0 Å². The van der Waals surface area contributed by atoms with E-state index in [4.69, 9.17) is 0 Å². The third-order valence-electron chi connectivity index (χ3n) is 6.61. The smallest absolute Gasteiger partial charge is 0.220 e. The lowest BCUT2D eigenvalue weighted by atomic mass is 9.84. The average Bonchev–Trinajstić information content (AvgIpc) is 3.20. The molecule has 8 nitrogen and oxygen atoms in total. The zero-order valence-corrected chi connectivity index (χ0v) is 17.7. The molecule has 2 fully saturated rings. The zero-order chi connectivity index (χ0) is 21.0. The van der Waals surface area contributed by atoms with Crippen LogP contribution in [0.4, 0.5) is 5.82 Å². The van der Waals surface area contributed by atoms with Gasteiger partial charge in [-0.3, -0.25) is 9.78 Å². The first-order valence-corrected chi connectivity index (χ1v) is 11.4. The van der Waals surface area contributed by atoms with Crippen LogP contribution in [0.3, 0.4) is 0 Å². The number of pyridine rings is 1. The highest BCUT2D eigenvalue weighted by Gasteiger charge is 2.33. The van der Waals surface area contributed by atoms with Gasteiger partial charge in [-0.25, -0.2) is 15.0 Å². The van der Waals surface area contributed by atoms with Crippen LogP contribution < -0.4 is 10.6 Å². The lowest BCUT2D eigenvalue weighted by molar-refractivity contribution is -0.123. The molecule has 3 aromatic rings. The van der Waals surface area contributed by atoms with Crippen molar-refractivity contribution in [2.75, 3.05) is 5.32 Å². The van der Waals surface area contributed by atoms with E-state index < -0.39 is 0 Å². The fourth-order valence-corrected chi connectivity index (χ4v) is 4.81. The van der Waals surface area contributed by atoms with Crippen molar-refractivity contribution in [3.05, 3.63) is 42.7 Å². The SMILES string of the molecule is O=C(CC1CCCCC1)NC1CC(n2cnc3c(NCc4cccnc4)ncnc32)C1. The van der Waals surface area contributed by atoms with E-state index in [9.17, 15) is 4.79 Å². The highest BCUT2D eigenvalue weighted by atomic mass is 16.1. The molecule has 3 aromatic heterocycles. The third kappa shape index (κ3) is 4.52. The lowest BCUT2D eigenvalue weighted by Crippen LogP contribution is -2.45. The molecule has 0 unspecified atom stereocenters. The number of hydrogen-bond acceptors (Lipinski definition) is 6. The summed E-state index contributed by atoms with van der Waals surface area (Å²) in [7, 11) is 0. The number of carbonyl (C=O) groups excluding carboxylic acids is 1. The molecular formula is C23H29N7O. The molecule has 162 valence electrons. The minimum atomic E-state index is 0.218. The first kappa shape index (κ1) is 19.9. The van der Waals surface area contributed by atoms with Gasteiger partial charge in [-0.05, 0) is 43.2 Å². The van der Waals surface area contributed by atoms with Gasteiger partial charge in [0.2, 0.25) is 5.91 Å². The molecule has 2 aliphatic rings. The second-order valence-electron chi connectivity index (χ2n) is 8.86. The molecular weight excluding hydrogens is 390 g/mol. The molecule has 31 heavy (non-hydrogen) atoms. The maximum Gasteiger partial charge on any atom is 0.220 e. The quantitative estimate of drug-likeness (QED) is 0.607. The number of anilines is 1. The Morgan fingerprint density at radius 1 is 1.13 bits per heavy atom. The molecule has 0 radical (unpaired) electrons. The molecule has 5 rings (SSSR count). The number of hydrogen-bond donors (Lipinski definition) is 2. The first-order chi connectivity index (χ1) is 15.3. The van der Waals surface area contributed by atoms with E-state index in [1.807, 2.05) is 24.7 Å². The number of rotatable bonds is 7. The number of carbonyl (C=O) groups is 1. The minimum absolute atomic E-state index is 0.218. The number of nitrogens with zero attached hydrogens (tertiary/aromatic N) is 5. The summed E-state index contributed by atoms with van der Waals surface area (Å²) in [5.41, 5.74) is 2.69. The van der Waals surface area contributed by atoms with Crippen molar-refractivity contribution in [3.8, 4) is 0 Å².